The van der Waals surface area contributed by atoms with Gasteiger partial charge in [-0.1, -0.05) is 35.4 Å². The molecule has 0 atom stereocenters. The van der Waals surface area contributed by atoms with E-state index in [0.29, 0.717) is 17.1 Å². The monoisotopic (exact) mass is 408 g/mol. The summed E-state index contributed by atoms with van der Waals surface area (Å²) in [5.74, 6) is -0.500. The molecule has 0 radical (unpaired) electrons. The lowest BCUT2D eigenvalue weighted by Crippen LogP contribution is -2.12. The molecule has 0 aromatic heterocycles. The summed E-state index contributed by atoms with van der Waals surface area (Å²) in [5, 5.41) is 22.0. The van der Waals surface area contributed by atoms with Crippen molar-refractivity contribution >= 4 is 40.3 Å². The molecule has 0 fully saturated rings. The molecule has 0 heterocycles. The Kier molecular flexibility index (Phi) is 5.99. The molecule has 3 aromatic carbocycles. The van der Waals surface area contributed by atoms with E-state index in [1.165, 1.54) is 12.1 Å². The Morgan fingerprint density at radius 1 is 0.966 bits per heavy atom. The molecule has 3 rings (SSSR count). The van der Waals surface area contributed by atoms with Crippen LogP contribution in [0.4, 0.5) is 22.7 Å². The van der Waals surface area contributed by atoms with Crippen LogP contribution in [0.2, 0.25) is 5.02 Å². The van der Waals surface area contributed by atoms with Crippen LogP contribution in [0.3, 0.4) is 0 Å². The van der Waals surface area contributed by atoms with Gasteiger partial charge in [0.2, 0.25) is 0 Å². The summed E-state index contributed by atoms with van der Waals surface area (Å²) in [6.45, 7) is 3.89. The first-order valence-electron chi connectivity index (χ1n) is 8.68. The van der Waals surface area contributed by atoms with E-state index >= 15 is 0 Å². The van der Waals surface area contributed by atoms with Gasteiger partial charge in [0.05, 0.1) is 26.9 Å². The van der Waals surface area contributed by atoms with Gasteiger partial charge in [-0.25, -0.2) is 0 Å². The maximum Gasteiger partial charge on any atom is 0.270 e. The van der Waals surface area contributed by atoms with Crippen molar-refractivity contribution < 1.29 is 9.72 Å². The zero-order valence-electron chi connectivity index (χ0n) is 15.7. The van der Waals surface area contributed by atoms with Crippen molar-refractivity contribution in [3.05, 3.63) is 92.5 Å². The third-order valence-electron chi connectivity index (χ3n) is 4.12. The van der Waals surface area contributed by atoms with Crippen LogP contribution >= 0.6 is 11.6 Å². The number of nitrogens with zero attached hydrogens (tertiary/aromatic N) is 3. The number of halogens is 1. The summed E-state index contributed by atoms with van der Waals surface area (Å²) >= 11 is 6.05. The molecule has 0 aliphatic rings. The van der Waals surface area contributed by atoms with E-state index < -0.39 is 10.8 Å². The Hall–Kier alpha value is -3.58. The highest BCUT2D eigenvalue weighted by Crippen LogP contribution is 2.30. The fraction of sp³-hybridized carbons (Fsp3) is 0.0952. The number of non-ortho nitro benzene ring substituents is 1. The molecule has 7 nitrogen and oxygen atoms in total. The van der Waals surface area contributed by atoms with Crippen LogP contribution in [0, 0.1) is 24.0 Å². The minimum atomic E-state index is -0.572. The van der Waals surface area contributed by atoms with E-state index in [9.17, 15) is 14.9 Å². The Morgan fingerprint density at radius 3 is 2.31 bits per heavy atom. The third kappa shape index (κ3) is 5.03. The maximum atomic E-state index is 12.6. The predicted octanol–water partition coefficient (Wildman–Crippen LogP) is 6.53. The molecule has 0 spiro atoms. The van der Waals surface area contributed by atoms with Crippen molar-refractivity contribution in [1.29, 1.82) is 0 Å². The number of hydrogen-bond acceptors (Lipinski definition) is 5. The van der Waals surface area contributed by atoms with E-state index in [0.717, 1.165) is 17.2 Å². The Morgan fingerprint density at radius 2 is 1.66 bits per heavy atom. The molecule has 0 saturated heterocycles. The molecule has 1 amide bonds. The highest BCUT2D eigenvalue weighted by atomic mass is 35.5. The summed E-state index contributed by atoms with van der Waals surface area (Å²) in [6.07, 6.45) is 0. The van der Waals surface area contributed by atoms with E-state index in [4.69, 9.17) is 11.6 Å². The Bertz CT molecular complexity index is 1110. The van der Waals surface area contributed by atoms with Gasteiger partial charge in [-0.2, -0.15) is 5.11 Å². The average molecular weight is 409 g/mol. The van der Waals surface area contributed by atoms with Crippen LogP contribution in [-0.2, 0) is 0 Å². The lowest BCUT2D eigenvalue weighted by atomic mass is 10.1. The average Bonchev–Trinajstić information content (AvgIpc) is 2.69. The molecule has 1 N–H and O–H groups in total. The van der Waals surface area contributed by atoms with Crippen LogP contribution in [0.25, 0.3) is 0 Å². The zero-order chi connectivity index (χ0) is 21.0. The number of carbonyl (C=O) groups excluding carboxylic acids is 1. The fourth-order valence-electron chi connectivity index (χ4n) is 2.54. The highest BCUT2D eigenvalue weighted by molar-refractivity contribution is 6.34. The van der Waals surface area contributed by atoms with Gasteiger partial charge in [-0.15, -0.1) is 5.11 Å². The molecule has 0 unspecified atom stereocenters. The number of anilines is 1. The molecule has 3 aromatic rings. The number of benzene rings is 3. The second kappa shape index (κ2) is 8.62. The smallest absolute Gasteiger partial charge is 0.270 e. The van der Waals surface area contributed by atoms with Crippen molar-refractivity contribution in [3.8, 4) is 0 Å². The summed E-state index contributed by atoms with van der Waals surface area (Å²) in [4.78, 5) is 22.9. The van der Waals surface area contributed by atoms with Crippen LogP contribution in [0.5, 0.6) is 0 Å². The molecule has 146 valence electrons. The summed E-state index contributed by atoms with van der Waals surface area (Å²) < 4.78 is 0. The zero-order valence-corrected chi connectivity index (χ0v) is 16.5. The SMILES string of the molecule is Cc1ccc(N=Nc2cc(C)ccc2NC(=O)c2ccc([N+](=O)[O-])cc2Cl)cc1. The minimum Gasteiger partial charge on any atom is -0.320 e. The number of hydrogen-bond donors (Lipinski definition) is 1. The number of nitro groups is 1. The topological polar surface area (TPSA) is 97.0 Å². The summed E-state index contributed by atoms with van der Waals surface area (Å²) in [5.41, 5.74) is 3.63. The molecular formula is C21H17ClN4O3. The van der Waals surface area contributed by atoms with Crippen molar-refractivity contribution in [2.45, 2.75) is 13.8 Å². The first-order chi connectivity index (χ1) is 13.8. The van der Waals surface area contributed by atoms with Crippen LogP contribution in [-0.4, -0.2) is 10.8 Å². The van der Waals surface area contributed by atoms with E-state index in [1.54, 1.807) is 12.1 Å². The van der Waals surface area contributed by atoms with Crippen LogP contribution in [0.1, 0.15) is 21.5 Å². The number of amides is 1. The highest BCUT2D eigenvalue weighted by Gasteiger charge is 2.16. The van der Waals surface area contributed by atoms with Gasteiger partial charge in [0.25, 0.3) is 11.6 Å². The van der Waals surface area contributed by atoms with Gasteiger partial charge in [0.15, 0.2) is 0 Å². The summed E-state index contributed by atoms with van der Waals surface area (Å²) in [7, 11) is 0. The third-order valence-corrected chi connectivity index (χ3v) is 4.43. The van der Waals surface area contributed by atoms with Gasteiger partial charge in [0.1, 0.15) is 5.69 Å². The predicted molar refractivity (Wildman–Crippen MR) is 113 cm³/mol. The number of nitrogens with one attached hydrogen (secondary N) is 1. The quantitative estimate of drug-likeness (QED) is 0.295. The number of carbonyl (C=O) groups is 1. The first kappa shape index (κ1) is 20.2. The van der Waals surface area contributed by atoms with E-state index in [-0.39, 0.29) is 16.3 Å². The van der Waals surface area contributed by atoms with Crippen molar-refractivity contribution in [3.63, 3.8) is 0 Å². The number of rotatable bonds is 5. The van der Waals surface area contributed by atoms with E-state index in [1.807, 2.05) is 44.2 Å². The van der Waals surface area contributed by atoms with Crippen molar-refractivity contribution in [1.82, 2.24) is 0 Å². The second-order valence-electron chi connectivity index (χ2n) is 6.43. The summed E-state index contributed by atoms with van der Waals surface area (Å²) in [6, 6.07) is 16.6. The maximum absolute atomic E-state index is 12.6. The molecule has 0 aliphatic heterocycles. The Labute approximate surface area is 172 Å². The normalized spacial score (nSPS) is 10.9. The van der Waals surface area contributed by atoms with Gasteiger partial charge in [-0.3, -0.25) is 14.9 Å². The van der Waals surface area contributed by atoms with E-state index in [2.05, 4.69) is 15.5 Å². The largest absolute Gasteiger partial charge is 0.320 e. The van der Waals surface area contributed by atoms with Crippen LogP contribution in [0.15, 0.2) is 70.9 Å². The molecule has 0 bridgehead atoms. The lowest BCUT2D eigenvalue weighted by Gasteiger charge is -2.09. The molecule has 0 aliphatic carbocycles. The standard InChI is InChI=1S/C21H17ClN4O3/c1-13-3-6-15(7-4-13)24-25-20-11-14(2)5-10-19(20)23-21(27)17-9-8-16(26(28)29)12-18(17)22/h3-12H,1-2H3,(H,23,27). The molecule has 8 heteroatoms. The van der Waals surface area contributed by atoms with Gasteiger partial charge in [-0.05, 0) is 49.7 Å². The number of aryl methyl sites for hydroxylation is 2. The molecule has 29 heavy (non-hydrogen) atoms. The first-order valence-corrected chi connectivity index (χ1v) is 9.05. The number of nitro benzene ring substituents is 1. The molecule has 0 saturated carbocycles. The number of azo groups is 1. The minimum absolute atomic E-state index is 0.00774. The van der Waals surface area contributed by atoms with Gasteiger partial charge < -0.3 is 5.32 Å². The van der Waals surface area contributed by atoms with Crippen molar-refractivity contribution in [2.75, 3.05) is 5.32 Å². The fourth-order valence-corrected chi connectivity index (χ4v) is 2.81. The van der Waals surface area contributed by atoms with Crippen LogP contribution < -0.4 is 5.32 Å². The van der Waals surface area contributed by atoms with Gasteiger partial charge >= 0.3 is 0 Å². The second-order valence-corrected chi connectivity index (χ2v) is 6.84. The lowest BCUT2D eigenvalue weighted by molar-refractivity contribution is -0.384. The van der Waals surface area contributed by atoms with Crippen molar-refractivity contribution in [2.24, 2.45) is 10.2 Å². The van der Waals surface area contributed by atoms with Gasteiger partial charge in [0, 0.05) is 12.1 Å². The molecular weight excluding hydrogens is 392 g/mol. The Balaban J connectivity index is 1.86.